The molecule has 0 aliphatic heterocycles. The number of rotatable bonds is 8. The second-order valence-electron chi connectivity index (χ2n) is 4.69. The molecule has 2 heterocycles. The molecule has 0 atom stereocenters. The highest BCUT2D eigenvalue weighted by atomic mass is 35.5. The number of carbonyl (C=O) groups is 1. The van der Waals surface area contributed by atoms with Gasteiger partial charge in [-0.25, -0.2) is 4.79 Å². The van der Waals surface area contributed by atoms with Crippen LogP contribution in [0.1, 0.15) is 26.2 Å². The highest BCUT2D eigenvalue weighted by molar-refractivity contribution is 6.30. The van der Waals surface area contributed by atoms with Gasteiger partial charge in [0.2, 0.25) is 5.82 Å². The number of aromatic nitrogens is 4. The number of unbranched alkanes of at least 4 members (excludes halogenated alkanes) is 2. The minimum atomic E-state index is -0.512. The molecule has 0 aliphatic rings. The molecule has 0 aromatic carbocycles. The number of halogens is 1. The number of nitrogens with zero attached hydrogens (tertiary/aromatic N) is 4. The number of hydrogen-bond acceptors (Lipinski definition) is 7. The van der Waals surface area contributed by atoms with E-state index in [1.807, 2.05) is 0 Å². The van der Waals surface area contributed by atoms with Crippen LogP contribution in [0.5, 0.6) is 6.01 Å². The molecule has 0 unspecified atom stereocenters. The molecule has 23 heavy (non-hydrogen) atoms. The van der Waals surface area contributed by atoms with Crippen LogP contribution < -0.4 is 4.74 Å². The molecular weight excluding hydrogens is 324 g/mol. The zero-order chi connectivity index (χ0) is 16.7. The first-order valence-electron chi connectivity index (χ1n) is 7.16. The zero-order valence-corrected chi connectivity index (χ0v) is 13.4. The third-order valence-corrected chi connectivity index (χ3v) is 3.08. The Morgan fingerprint density at radius 1 is 1.39 bits per heavy atom. The Morgan fingerprint density at radius 3 is 2.91 bits per heavy atom. The first-order chi connectivity index (χ1) is 11.1. The third kappa shape index (κ3) is 5.10. The molecule has 8 nitrogen and oxygen atoms in total. The van der Waals surface area contributed by atoms with E-state index in [4.69, 9.17) is 21.1 Å². The van der Waals surface area contributed by atoms with E-state index in [0.29, 0.717) is 22.2 Å². The Balaban J connectivity index is 1.88. The van der Waals surface area contributed by atoms with Crippen molar-refractivity contribution < 1.29 is 19.5 Å². The summed E-state index contributed by atoms with van der Waals surface area (Å²) in [5.74, 6) is -0.436. The number of esters is 1. The lowest BCUT2D eigenvalue weighted by Crippen LogP contribution is -2.16. The van der Waals surface area contributed by atoms with Crippen molar-refractivity contribution in [1.29, 1.82) is 0 Å². The summed E-state index contributed by atoms with van der Waals surface area (Å²) in [4.78, 5) is 20.0. The molecule has 0 aliphatic carbocycles. The minimum Gasteiger partial charge on any atom is -0.463 e. The molecular formula is C14H17ClN4O4. The lowest BCUT2D eigenvalue weighted by molar-refractivity contribution is -0.146. The Kier molecular flexibility index (Phi) is 6.16. The molecule has 2 aromatic rings. The molecule has 0 bridgehead atoms. The van der Waals surface area contributed by atoms with Gasteiger partial charge in [-0.05, 0) is 18.6 Å². The van der Waals surface area contributed by atoms with Gasteiger partial charge in [-0.3, -0.25) is 4.98 Å². The summed E-state index contributed by atoms with van der Waals surface area (Å²) in [5, 5.41) is 13.8. The molecule has 0 fully saturated rings. The number of hydrogen-bond donors (Lipinski definition) is 1. The zero-order valence-electron chi connectivity index (χ0n) is 12.6. The Hall–Kier alpha value is -2.35. The van der Waals surface area contributed by atoms with Gasteiger partial charge in [0.15, 0.2) is 6.61 Å². The Bertz CT molecular complexity index is 645. The second kappa shape index (κ2) is 8.33. The number of pyridine rings is 1. The van der Waals surface area contributed by atoms with E-state index in [1.165, 1.54) is 6.20 Å². The van der Waals surface area contributed by atoms with E-state index in [2.05, 4.69) is 22.0 Å². The summed E-state index contributed by atoms with van der Waals surface area (Å²) in [7, 11) is 0. The van der Waals surface area contributed by atoms with E-state index in [1.54, 1.807) is 12.1 Å². The van der Waals surface area contributed by atoms with Gasteiger partial charge >= 0.3 is 12.0 Å². The first kappa shape index (κ1) is 17.0. The average molecular weight is 341 g/mol. The fourth-order valence-electron chi connectivity index (χ4n) is 1.72. The van der Waals surface area contributed by atoms with Crippen LogP contribution in [0, 0.1) is 0 Å². The molecule has 9 heteroatoms. The molecule has 0 radical (unpaired) electrons. The van der Waals surface area contributed by atoms with Crippen LogP contribution in [0.3, 0.4) is 0 Å². The summed E-state index contributed by atoms with van der Waals surface area (Å²) >= 11 is 5.75. The van der Waals surface area contributed by atoms with Gasteiger partial charge in [-0.1, -0.05) is 41.3 Å². The van der Waals surface area contributed by atoms with E-state index in [-0.39, 0.29) is 18.4 Å². The van der Waals surface area contributed by atoms with E-state index < -0.39 is 5.97 Å². The van der Waals surface area contributed by atoms with Gasteiger partial charge in [-0.15, -0.1) is 0 Å². The predicted molar refractivity (Wildman–Crippen MR) is 81.4 cm³/mol. The van der Waals surface area contributed by atoms with Crippen LogP contribution >= 0.6 is 11.6 Å². The van der Waals surface area contributed by atoms with Crippen molar-refractivity contribution in [2.24, 2.45) is 0 Å². The van der Waals surface area contributed by atoms with E-state index >= 15 is 0 Å². The normalized spacial score (nSPS) is 10.5. The van der Waals surface area contributed by atoms with Gasteiger partial charge in [0, 0.05) is 6.20 Å². The van der Waals surface area contributed by atoms with E-state index in [0.717, 1.165) is 19.3 Å². The van der Waals surface area contributed by atoms with Crippen LogP contribution in [0.2, 0.25) is 5.02 Å². The van der Waals surface area contributed by atoms with Crippen molar-refractivity contribution in [1.82, 2.24) is 19.9 Å². The van der Waals surface area contributed by atoms with Gasteiger partial charge in [0.1, 0.15) is 5.69 Å². The summed E-state index contributed by atoms with van der Waals surface area (Å²) in [6.45, 7) is 2.09. The lowest BCUT2D eigenvalue weighted by atomic mass is 10.3. The first-order valence-corrected chi connectivity index (χ1v) is 7.54. The maximum atomic E-state index is 11.5. The number of carbonyl (C=O) groups excluding carboxylic acids is 1. The predicted octanol–water partition coefficient (Wildman–Crippen LogP) is 2.34. The maximum Gasteiger partial charge on any atom is 0.344 e. The maximum absolute atomic E-state index is 11.5. The fraction of sp³-hybridized carbons (Fsp3) is 0.429. The molecule has 2 rings (SSSR count). The number of ether oxygens (including phenoxy) is 2. The van der Waals surface area contributed by atoms with Gasteiger partial charge < -0.3 is 14.7 Å². The van der Waals surface area contributed by atoms with Gasteiger partial charge in [0.05, 0.1) is 11.6 Å². The van der Waals surface area contributed by atoms with Gasteiger partial charge in [-0.2, -0.15) is 4.98 Å². The summed E-state index contributed by atoms with van der Waals surface area (Å²) in [5.41, 5.74) is 0.362. The lowest BCUT2D eigenvalue weighted by Gasteiger charge is -2.03. The summed E-state index contributed by atoms with van der Waals surface area (Å²) in [6, 6.07) is 3.03. The van der Waals surface area contributed by atoms with Crippen LogP contribution in [-0.2, 0) is 9.53 Å². The van der Waals surface area contributed by atoms with Crippen LogP contribution in [-0.4, -0.2) is 44.3 Å². The summed E-state index contributed by atoms with van der Waals surface area (Å²) < 4.78 is 10.1. The van der Waals surface area contributed by atoms with Crippen molar-refractivity contribution >= 4 is 17.6 Å². The van der Waals surface area contributed by atoms with Crippen molar-refractivity contribution in [3.05, 3.63) is 23.4 Å². The largest absolute Gasteiger partial charge is 0.463 e. The summed E-state index contributed by atoms with van der Waals surface area (Å²) in [6.07, 6.45) is 4.29. The highest BCUT2D eigenvalue weighted by Crippen LogP contribution is 2.18. The molecule has 124 valence electrons. The van der Waals surface area contributed by atoms with Crippen LogP contribution in [0.15, 0.2) is 18.3 Å². The quantitative estimate of drug-likeness (QED) is 0.447. The minimum absolute atomic E-state index is 0.0768. The molecule has 1 N–H and O–H groups in total. The third-order valence-electron chi connectivity index (χ3n) is 2.86. The van der Waals surface area contributed by atoms with Crippen LogP contribution in [0.4, 0.5) is 0 Å². The molecule has 0 amide bonds. The molecule has 0 spiro atoms. The highest BCUT2D eigenvalue weighted by Gasteiger charge is 2.15. The Labute approximate surface area is 138 Å². The topological polar surface area (TPSA) is 99.4 Å². The standard InChI is InChI=1S/C14H17ClN4O4/c1-2-3-4-7-22-12(20)9-23-14-17-13(19(21)18-14)11-6-5-10(15)8-16-11/h5-6,8,21H,2-4,7,9H2,1H3. The van der Waals surface area contributed by atoms with Crippen molar-refractivity contribution in [3.8, 4) is 17.5 Å². The fourth-order valence-corrected chi connectivity index (χ4v) is 1.83. The molecule has 0 saturated carbocycles. The smallest absolute Gasteiger partial charge is 0.344 e. The van der Waals surface area contributed by atoms with Crippen molar-refractivity contribution in [2.75, 3.05) is 13.2 Å². The van der Waals surface area contributed by atoms with Crippen molar-refractivity contribution in [2.45, 2.75) is 26.2 Å². The second-order valence-corrected chi connectivity index (χ2v) is 5.12. The van der Waals surface area contributed by atoms with Crippen LogP contribution in [0.25, 0.3) is 11.5 Å². The monoisotopic (exact) mass is 340 g/mol. The SMILES string of the molecule is CCCCCOC(=O)COc1nc(-c2ccc(Cl)cn2)n(O)n1. The van der Waals surface area contributed by atoms with Crippen molar-refractivity contribution in [3.63, 3.8) is 0 Å². The Morgan fingerprint density at radius 2 is 2.22 bits per heavy atom. The van der Waals surface area contributed by atoms with Gasteiger partial charge in [0.25, 0.3) is 0 Å². The molecule has 2 aromatic heterocycles. The molecule has 0 saturated heterocycles. The average Bonchev–Trinajstić information content (AvgIpc) is 2.91. The van der Waals surface area contributed by atoms with E-state index in [9.17, 15) is 10.0 Å².